The summed E-state index contributed by atoms with van der Waals surface area (Å²) in [6.45, 7) is 4.65. The van der Waals surface area contributed by atoms with Crippen molar-refractivity contribution in [2.75, 3.05) is 0 Å². The van der Waals surface area contributed by atoms with Crippen molar-refractivity contribution in [1.82, 2.24) is 9.97 Å². The Morgan fingerprint density at radius 1 is 0.451 bits per heavy atom. The summed E-state index contributed by atoms with van der Waals surface area (Å²) < 4.78 is 12.9. The molecular formula is C47H30N2O2. The van der Waals surface area contributed by atoms with Gasteiger partial charge >= 0.3 is 0 Å². The molecule has 4 nitrogen and oxygen atoms in total. The van der Waals surface area contributed by atoms with E-state index >= 15 is 0 Å². The first kappa shape index (κ1) is 28.3. The molecule has 240 valence electrons. The predicted molar refractivity (Wildman–Crippen MR) is 208 cm³/mol. The highest BCUT2D eigenvalue weighted by Gasteiger charge is 2.36. The molecule has 1 aliphatic rings. The summed E-state index contributed by atoms with van der Waals surface area (Å²) >= 11 is 0. The van der Waals surface area contributed by atoms with Gasteiger partial charge in [-0.2, -0.15) is 0 Å². The van der Waals surface area contributed by atoms with Crippen molar-refractivity contribution in [3.63, 3.8) is 0 Å². The van der Waals surface area contributed by atoms with E-state index < -0.39 is 0 Å². The summed E-state index contributed by atoms with van der Waals surface area (Å²) in [5.41, 5.74) is 14.7. The number of furan rings is 2. The van der Waals surface area contributed by atoms with Crippen LogP contribution in [0.4, 0.5) is 0 Å². The lowest BCUT2D eigenvalue weighted by Gasteiger charge is -2.21. The standard InChI is InChI=1S/C47H30N2O2/c1-47(2)37-17-6-3-12-32(37)43-29(14-10-18-38(43)47)27-21-23-41-35(25-27)36-26-28(22-24-42(36)50-41)46-48-39-19-7-4-13-33(39)44(49-46)34-16-9-15-31-30-11-5-8-20-40(30)51-45(31)34/h3-26H,1-2H3. The molecule has 0 saturated carbocycles. The van der Waals surface area contributed by atoms with E-state index in [0.29, 0.717) is 5.82 Å². The lowest BCUT2D eigenvalue weighted by Crippen LogP contribution is -2.14. The Bertz CT molecular complexity index is 3070. The normalized spacial score (nSPS) is 13.5. The molecule has 7 aromatic carbocycles. The van der Waals surface area contributed by atoms with E-state index in [2.05, 4.69) is 123 Å². The van der Waals surface area contributed by atoms with E-state index in [0.717, 1.165) is 71.6 Å². The van der Waals surface area contributed by atoms with Gasteiger partial charge in [0.1, 0.15) is 22.3 Å². The molecule has 0 N–H and O–H groups in total. The molecule has 0 aliphatic heterocycles. The van der Waals surface area contributed by atoms with Gasteiger partial charge in [0.05, 0.1) is 11.2 Å². The molecule has 51 heavy (non-hydrogen) atoms. The highest BCUT2D eigenvalue weighted by molar-refractivity contribution is 6.12. The van der Waals surface area contributed by atoms with Crippen LogP contribution in [-0.2, 0) is 5.41 Å². The molecular weight excluding hydrogens is 625 g/mol. The molecule has 1 aliphatic carbocycles. The maximum absolute atomic E-state index is 6.46. The summed E-state index contributed by atoms with van der Waals surface area (Å²) in [5.74, 6) is 0.656. The van der Waals surface area contributed by atoms with Crippen LogP contribution in [0, 0.1) is 0 Å². The minimum Gasteiger partial charge on any atom is -0.456 e. The van der Waals surface area contributed by atoms with Crippen LogP contribution in [-0.4, -0.2) is 9.97 Å². The number of nitrogens with zero attached hydrogens (tertiary/aromatic N) is 2. The Kier molecular flexibility index (Phi) is 5.70. The van der Waals surface area contributed by atoms with Crippen molar-refractivity contribution in [2.24, 2.45) is 0 Å². The van der Waals surface area contributed by atoms with Crippen LogP contribution in [0.25, 0.3) is 99.7 Å². The first-order valence-corrected chi connectivity index (χ1v) is 17.4. The summed E-state index contributed by atoms with van der Waals surface area (Å²) in [4.78, 5) is 10.4. The zero-order chi connectivity index (χ0) is 33.8. The smallest absolute Gasteiger partial charge is 0.160 e. The number of para-hydroxylation sites is 3. The van der Waals surface area contributed by atoms with Gasteiger partial charge in [-0.15, -0.1) is 0 Å². The highest BCUT2D eigenvalue weighted by Crippen LogP contribution is 2.52. The fourth-order valence-electron chi connectivity index (χ4n) is 8.42. The lowest BCUT2D eigenvalue weighted by molar-refractivity contribution is 0.660. The number of rotatable bonds is 3. The molecule has 0 radical (unpaired) electrons. The average molecular weight is 655 g/mol. The number of hydrogen-bond donors (Lipinski definition) is 0. The lowest BCUT2D eigenvalue weighted by atomic mass is 9.82. The zero-order valence-corrected chi connectivity index (χ0v) is 28.1. The van der Waals surface area contributed by atoms with E-state index in [1.165, 1.54) is 33.4 Å². The Labute approximate surface area is 293 Å². The van der Waals surface area contributed by atoms with Gasteiger partial charge in [0.15, 0.2) is 5.82 Å². The van der Waals surface area contributed by atoms with Crippen molar-refractivity contribution < 1.29 is 8.83 Å². The van der Waals surface area contributed by atoms with Crippen LogP contribution in [0.15, 0.2) is 154 Å². The quantitative estimate of drug-likeness (QED) is 0.190. The molecule has 0 unspecified atom stereocenters. The van der Waals surface area contributed by atoms with Crippen molar-refractivity contribution >= 4 is 54.8 Å². The van der Waals surface area contributed by atoms with Crippen molar-refractivity contribution in [1.29, 1.82) is 0 Å². The Hall–Kier alpha value is -6.52. The number of benzene rings is 7. The zero-order valence-electron chi connectivity index (χ0n) is 28.1. The molecule has 10 aromatic rings. The third kappa shape index (κ3) is 4.02. The van der Waals surface area contributed by atoms with Crippen LogP contribution in [0.3, 0.4) is 0 Å². The molecule has 0 atom stereocenters. The van der Waals surface area contributed by atoms with E-state index in [1.54, 1.807) is 0 Å². The van der Waals surface area contributed by atoms with Crippen molar-refractivity contribution in [2.45, 2.75) is 19.3 Å². The maximum atomic E-state index is 6.46. The fourth-order valence-corrected chi connectivity index (χ4v) is 8.42. The molecule has 0 saturated heterocycles. The van der Waals surface area contributed by atoms with Gasteiger partial charge in [-0.05, 0) is 81.9 Å². The third-order valence-electron chi connectivity index (χ3n) is 10.9. The number of aromatic nitrogens is 2. The van der Waals surface area contributed by atoms with Gasteiger partial charge in [-0.25, -0.2) is 9.97 Å². The fraction of sp³-hybridized carbons (Fsp3) is 0.0638. The molecule has 0 bridgehead atoms. The Morgan fingerprint density at radius 3 is 1.96 bits per heavy atom. The summed E-state index contributed by atoms with van der Waals surface area (Å²) in [6, 6.07) is 51.1. The Morgan fingerprint density at radius 2 is 1.08 bits per heavy atom. The predicted octanol–water partition coefficient (Wildman–Crippen LogP) is 12.7. The van der Waals surface area contributed by atoms with Gasteiger partial charge in [0, 0.05) is 43.5 Å². The van der Waals surface area contributed by atoms with Gasteiger partial charge < -0.3 is 8.83 Å². The molecule has 3 heterocycles. The van der Waals surface area contributed by atoms with Crippen molar-refractivity contribution in [3.05, 3.63) is 157 Å². The molecule has 11 rings (SSSR count). The molecule has 3 aromatic heterocycles. The third-order valence-corrected chi connectivity index (χ3v) is 10.9. The average Bonchev–Trinajstić information content (AvgIpc) is 3.81. The van der Waals surface area contributed by atoms with E-state index in [-0.39, 0.29) is 5.41 Å². The van der Waals surface area contributed by atoms with Gasteiger partial charge in [-0.3, -0.25) is 0 Å². The highest BCUT2D eigenvalue weighted by atomic mass is 16.3. The monoisotopic (exact) mass is 654 g/mol. The second-order valence-electron chi connectivity index (χ2n) is 14.1. The maximum Gasteiger partial charge on any atom is 0.160 e. The van der Waals surface area contributed by atoms with Crippen LogP contribution in [0.2, 0.25) is 0 Å². The summed E-state index contributed by atoms with van der Waals surface area (Å²) in [7, 11) is 0. The van der Waals surface area contributed by atoms with Gasteiger partial charge in [-0.1, -0.05) is 111 Å². The van der Waals surface area contributed by atoms with Crippen LogP contribution < -0.4 is 0 Å². The number of hydrogen-bond acceptors (Lipinski definition) is 4. The summed E-state index contributed by atoms with van der Waals surface area (Å²) in [6.07, 6.45) is 0. The first-order chi connectivity index (χ1) is 25.0. The number of fused-ring (bicyclic) bond motifs is 10. The van der Waals surface area contributed by atoms with Crippen molar-refractivity contribution in [3.8, 4) is 44.9 Å². The van der Waals surface area contributed by atoms with E-state index in [9.17, 15) is 0 Å². The van der Waals surface area contributed by atoms with Crippen LogP contribution in [0.5, 0.6) is 0 Å². The molecule has 0 spiro atoms. The Balaban J connectivity index is 1.09. The van der Waals surface area contributed by atoms with E-state index in [1.807, 2.05) is 36.4 Å². The minimum atomic E-state index is -0.0576. The molecule has 0 amide bonds. The minimum absolute atomic E-state index is 0.0576. The van der Waals surface area contributed by atoms with Crippen LogP contribution in [0.1, 0.15) is 25.0 Å². The van der Waals surface area contributed by atoms with E-state index in [4.69, 9.17) is 18.8 Å². The van der Waals surface area contributed by atoms with Crippen LogP contribution >= 0.6 is 0 Å². The summed E-state index contributed by atoms with van der Waals surface area (Å²) in [5, 5.41) is 5.26. The largest absolute Gasteiger partial charge is 0.456 e. The molecule has 4 heteroatoms. The first-order valence-electron chi connectivity index (χ1n) is 17.4. The van der Waals surface area contributed by atoms with Gasteiger partial charge in [0.25, 0.3) is 0 Å². The second-order valence-corrected chi connectivity index (χ2v) is 14.1. The second kappa shape index (κ2) is 10.3. The van der Waals surface area contributed by atoms with Gasteiger partial charge in [0.2, 0.25) is 0 Å². The topological polar surface area (TPSA) is 52.1 Å². The molecule has 0 fully saturated rings. The SMILES string of the molecule is CC1(C)c2ccccc2-c2c(-c3ccc4oc5ccc(-c6nc(-c7cccc8c7oc7ccccc78)c7ccccc7n6)cc5c4c3)cccc21.